The van der Waals surface area contributed by atoms with Gasteiger partial charge in [-0.15, -0.1) is 0 Å². The van der Waals surface area contributed by atoms with Gasteiger partial charge in [-0.05, 0) is 53.4 Å². The zero-order valence-electron chi connectivity index (χ0n) is 19.3. The summed E-state index contributed by atoms with van der Waals surface area (Å²) in [6, 6.07) is 18.5. The van der Waals surface area contributed by atoms with Crippen molar-refractivity contribution in [3.8, 4) is 11.5 Å². The molecule has 2 N–H and O–H groups in total. The largest absolute Gasteiger partial charge is 0.454 e. The Morgan fingerprint density at radius 3 is 2.51 bits per heavy atom. The summed E-state index contributed by atoms with van der Waals surface area (Å²) in [5.74, 6) is 1.22. The number of sulfonamides is 1. The van der Waals surface area contributed by atoms with Crippen LogP contribution in [0.15, 0.2) is 65.6 Å². The van der Waals surface area contributed by atoms with Crippen LogP contribution in [0.2, 0.25) is 0 Å². The highest BCUT2D eigenvalue weighted by atomic mass is 32.2. The van der Waals surface area contributed by atoms with Crippen LogP contribution in [0.1, 0.15) is 24.8 Å². The summed E-state index contributed by atoms with van der Waals surface area (Å²) in [4.78, 5) is 12.8. The number of hydrogen-bond donors (Lipinski definition) is 2. The minimum atomic E-state index is -3.72. The molecular weight excluding hydrogens is 468 g/mol. The molecule has 0 unspecified atom stereocenters. The van der Waals surface area contributed by atoms with E-state index in [0.717, 1.165) is 34.9 Å². The maximum Gasteiger partial charge on any atom is 0.240 e. The van der Waals surface area contributed by atoms with E-state index in [2.05, 4.69) is 10.0 Å². The van der Waals surface area contributed by atoms with E-state index in [1.807, 2.05) is 42.5 Å². The summed E-state index contributed by atoms with van der Waals surface area (Å²) in [7, 11) is -3.72. The Morgan fingerprint density at radius 2 is 1.69 bits per heavy atom. The molecule has 0 aromatic heterocycles. The van der Waals surface area contributed by atoms with Crippen LogP contribution in [0.5, 0.6) is 11.5 Å². The molecule has 3 aromatic carbocycles. The fraction of sp³-hybridized carbons (Fsp3) is 0.346. The van der Waals surface area contributed by atoms with Crippen LogP contribution >= 0.6 is 0 Å². The topological polar surface area (TPSA) is 103 Å². The Kier molecular flexibility index (Phi) is 6.64. The van der Waals surface area contributed by atoms with E-state index in [0.29, 0.717) is 25.5 Å². The zero-order chi connectivity index (χ0) is 24.3. The highest BCUT2D eigenvalue weighted by Gasteiger charge is 2.36. The third-order valence-electron chi connectivity index (χ3n) is 6.73. The maximum atomic E-state index is 12.7. The summed E-state index contributed by atoms with van der Waals surface area (Å²) >= 11 is 0. The molecule has 0 spiro atoms. The molecule has 35 heavy (non-hydrogen) atoms. The second-order valence-electron chi connectivity index (χ2n) is 8.89. The van der Waals surface area contributed by atoms with Crippen molar-refractivity contribution in [2.75, 3.05) is 33.1 Å². The van der Waals surface area contributed by atoms with E-state index in [9.17, 15) is 13.2 Å². The second kappa shape index (κ2) is 9.85. The molecule has 9 heteroatoms. The molecule has 8 nitrogen and oxygen atoms in total. The molecule has 0 radical (unpaired) electrons. The summed E-state index contributed by atoms with van der Waals surface area (Å²) in [6.07, 6.45) is 1.57. The number of benzene rings is 3. The number of hydrogen-bond acceptors (Lipinski definition) is 6. The van der Waals surface area contributed by atoms with E-state index >= 15 is 0 Å². The van der Waals surface area contributed by atoms with Gasteiger partial charge in [0, 0.05) is 38.1 Å². The zero-order valence-corrected chi connectivity index (χ0v) is 20.1. The van der Waals surface area contributed by atoms with Crippen LogP contribution < -0.4 is 19.5 Å². The van der Waals surface area contributed by atoms with Crippen molar-refractivity contribution in [2.24, 2.45) is 0 Å². The molecular formula is C26H28N2O6S. The number of rotatable bonds is 8. The molecule has 3 aromatic rings. The van der Waals surface area contributed by atoms with Crippen LogP contribution in [-0.2, 0) is 25.0 Å². The third kappa shape index (κ3) is 5.12. The van der Waals surface area contributed by atoms with Crippen molar-refractivity contribution >= 4 is 26.7 Å². The normalized spacial score (nSPS) is 16.8. The van der Waals surface area contributed by atoms with Crippen LogP contribution in [0.4, 0.5) is 0 Å². The Labute approximate surface area is 204 Å². The molecule has 0 atom stereocenters. The summed E-state index contributed by atoms with van der Waals surface area (Å²) < 4.78 is 44.5. The van der Waals surface area contributed by atoms with Gasteiger partial charge < -0.3 is 19.5 Å². The minimum Gasteiger partial charge on any atom is -0.454 e. The predicted molar refractivity (Wildman–Crippen MR) is 131 cm³/mol. The minimum absolute atomic E-state index is 0.0150. The molecule has 184 valence electrons. The first-order chi connectivity index (χ1) is 17.0. The quantitative estimate of drug-likeness (QED) is 0.497. The molecule has 5 rings (SSSR count). The van der Waals surface area contributed by atoms with E-state index in [-0.39, 0.29) is 36.0 Å². The van der Waals surface area contributed by atoms with Gasteiger partial charge in [0.25, 0.3) is 0 Å². The van der Waals surface area contributed by atoms with Gasteiger partial charge in [-0.3, -0.25) is 4.79 Å². The Bertz CT molecular complexity index is 1330. The first-order valence-electron chi connectivity index (χ1n) is 11.7. The van der Waals surface area contributed by atoms with Gasteiger partial charge in [-0.2, -0.15) is 0 Å². The number of fused-ring (bicyclic) bond motifs is 2. The lowest BCUT2D eigenvalue weighted by Crippen LogP contribution is -2.45. The number of nitrogens with one attached hydrogen (secondary N) is 2. The Morgan fingerprint density at radius 1 is 0.914 bits per heavy atom. The van der Waals surface area contributed by atoms with Crippen molar-refractivity contribution in [1.82, 2.24) is 10.0 Å². The van der Waals surface area contributed by atoms with Crippen LogP contribution in [-0.4, -0.2) is 47.4 Å². The monoisotopic (exact) mass is 496 g/mol. The Balaban J connectivity index is 1.19. The highest BCUT2D eigenvalue weighted by molar-refractivity contribution is 7.89. The standard InChI is InChI=1S/C26H28N2O6S/c29-25(9-12-28-35(30,31)22-7-5-19-3-1-2-4-20(19)15-22)27-17-26(10-13-32-14-11-26)21-6-8-23-24(16-21)34-18-33-23/h1-8,15-16,28H,9-14,17-18H2,(H,27,29). The van der Waals surface area contributed by atoms with Gasteiger partial charge in [0.1, 0.15) is 0 Å². The number of amides is 1. The van der Waals surface area contributed by atoms with Crippen molar-refractivity contribution in [3.05, 3.63) is 66.2 Å². The van der Waals surface area contributed by atoms with Crippen LogP contribution in [0.3, 0.4) is 0 Å². The van der Waals surface area contributed by atoms with Gasteiger partial charge >= 0.3 is 0 Å². The van der Waals surface area contributed by atoms with Gasteiger partial charge in [0.2, 0.25) is 22.7 Å². The molecule has 0 aliphatic carbocycles. The number of carbonyl (C=O) groups is 1. The lowest BCUT2D eigenvalue weighted by molar-refractivity contribution is -0.121. The molecule has 1 saturated heterocycles. The van der Waals surface area contributed by atoms with E-state index in [1.54, 1.807) is 18.2 Å². The molecule has 1 amide bonds. The lowest BCUT2D eigenvalue weighted by atomic mass is 9.74. The number of carbonyl (C=O) groups excluding carboxylic acids is 1. The van der Waals surface area contributed by atoms with E-state index in [4.69, 9.17) is 14.2 Å². The summed E-state index contributed by atoms with van der Waals surface area (Å²) in [5.41, 5.74) is 0.793. The van der Waals surface area contributed by atoms with E-state index < -0.39 is 10.0 Å². The van der Waals surface area contributed by atoms with Gasteiger partial charge in [0.05, 0.1) is 4.90 Å². The molecule has 2 heterocycles. The highest BCUT2D eigenvalue weighted by Crippen LogP contribution is 2.40. The van der Waals surface area contributed by atoms with Gasteiger partial charge in [-0.1, -0.05) is 36.4 Å². The first kappa shape index (κ1) is 23.6. The van der Waals surface area contributed by atoms with E-state index in [1.165, 1.54) is 0 Å². The average molecular weight is 497 g/mol. The average Bonchev–Trinajstić information content (AvgIpc) is 3.36. The van der Waals surface area contributed by atoms with Crippen LogP contribution in [0.25, 0.3) is 10.8 Å². The van der Waals surface area contributed by atoms with Crippen LogP contribution in [0, 0.1) is 0 Å². The first-order valence-corrected chi connectivity index (χ1v) is 13.2. The Hall–Kier alpha value is -3.14. The molecule has 2 aliphatic heterocycles. The SMILES string of the molecule is O=C(CCNS(=O)(=O)c1ccc2ccccc2c1)NCC1(c2ccc3c(c2)OCO3)CCOCC1. The fourth-order valence-corrected chi connectivity index (χ4v) is 5.70. The summed E-state index contributed by atoms with van der Waals surface area (Å²) in [5, 5.41) is 4.82. The lowest BCUT2D eigenvalue weighted by Gasteiger charge is -2.38. The molecule has 2 aliphatic rings. The smallest absolute Gasteiger partial charge is 0.240 e. The molecule has 0 bridgehead atoms. The van der Waals surface area contributed by atoms with Crippen molar-refractivity contribution in [2.45, 2.75) is 29.6 Å². The molecule has 0 saturated carbocycles. The molecule has 1 fully saturated rings. The summed E-state index contributed by atoms with van der Waals surface area (Å²) in [6.45, 7) is 1.87. The third-order valence-corrected chi connectivity index (χ3v) is 8.19. The fourth-order valence-electron chi connectivity index (χ4n) is 4.63. The van der Waals surface area contributed by atoms with Gasteiger partial charge in [0.15, 0.2) is 11.5 Å². The van der Waals surface area contributed by atoms with Gasteiger partial charge in [-0.25, -0.2) is 13.1 Å². The van der Waals surface area contributed by atoms with Crippen molar-refractivity contribution in [1.29, 1.82) is 0 Å². The van der Waals surface area contributed by atoms with Crippen molar-refractivity contribution in [3.63, 3.8) is 0 Å². The second-order valence-corrected chi connectivity index (χ2v) is 10.7. The predicted octanol–water partition coefficient (Wildman–Crippen LogP) is 3.10. The number of ether oxygens (including phenoxy) is 3. The van der Waals surface area contributed by atoms with Crippen molar-refractivity contribution < 1.29 is 27.4 Å². The maximum absolute atomic E-state index is 12.7.